The van der Waals surface area contributed by atoms with E-state index < -0.39 is 10.0 Å². The van der Waals surface area contributed by atoms with Crippen molar-refractivity contribution in [3.8, 4) is 6.07 Å². The molecule has 2 N–H and O–H groups in total. The number of pyridine rings is 1. The summed E-state index contributed by atoms with van der Waals surface area (Å²) in [5, 5.41) is 12.0. The fraction of sp³-hybridized carbons (Fsp3) is 0.143. The summed E-state index contributed by atoms with van der Waals surface area (Å²) < 4.78 is 27.6. The van der Waals surface area contributed by atoms with Crippen molar-refractivity contribution in [2.45, 2.75) is 24.7 Å². The molecule has 142 valence electrons. The molecule has 1 heterocycles. The summed E-state index contributed by atoms with van der Waals surface area (Å²) >= 11 is 0. The third-order valence-corrected chi connectivity index (χ3v) is 5.53. The molecule has 2 aromatic carbocycles. The van der Waals surface area contributed by atoms with E-state index in [0.717, 1.165) is 11.3 Å². The van der Waals surface area contributed by atoms with Gasteiger partial charge < -0.3 is 5.32 Å². The van der Waals surface area contributed by atoms with Crippen LogP contribution in [0.25, 0.3) is 0 Å². The lowest BCUT2D eigenvalue weighted by Crippen LogP contribution is -2.13. The molecular weight excluding hydrogens is 372 g/mol. The Labute approximate surface area is 164 Å². The molecule has 7 heteroatoms. The lowest BCUT2D eigenvalue weighted by Gasteiger charge is -2.11. The summed E-state index contributed by atoms with van der Waals surface area (Å²) in [5.41, 5.74) is 2.71. The Morgan fingerprint density at radius 3 is 2.36 bits per heavy atom. The molecule has 0 unspecified atom stereocenters. The quantitative estimate of drug-likeness (QED) is 0.638. The Hall–Kier alpha value is -3.37. The SMILES string of the molecule is CC(C)c1ccc(S(=O)(=O)Nc2ccc(Nc3cccc(C#N)c3)nc2)cc1. The van der Waals surface area contributed by atoms with Crippen LogP contribution in [0.3, 0.4) is 0 Å². The van der Waals surface area contributed by atoms with Crippen LogP contribution in [0.4, 0.5) is 17.2 Å². The molecule has 0 bridgehead atoms. The van der Waals surface area contributed by atoms with E-state index in [0.29, 0.717) is 23.0 Å². The van der Waals surface area contributed by atoms with E-state index in [-0.39, 0.29) is 4.90 Å². The molecule has 0 spiro atoms. The number of benzene rings is 2. The van der Waals surface area contributed by atoms with Gasteiger partial charge in [-0.2, -0.15) is 5.26 Å². The molecule has 0 aliphatic rings. The molecule has 0 aliphatic heterocycles. The van der Waals surface area contributed by atoms with Crippen molar-refractivity contribution in [1.29, 1.82) is 5.26 Å². The van der Waals surface area contributed by atoms with Crippen LogP contribution in [-0.4, -0.2) is 13.4 Å². The fourth-order valence-electron chi connectivity index (χ4n) is 2.59. The lowest BCUT2D eigenvalue weighted by molar-refractivity contribution is 0.601. The van der Waals surface area contributed by atoms with E-state index >= 15 is 0 Å². The molecule has 0 fully saturated rings. The molecule has 6 nitrogen and oxygen atoms in total. The predicted octanol–water partition coefficient (Wildman–Crippen LogP) is 4.62. The third-order valence-electron chi connectivity index (χ3n) is 4.14. The van der Waals surface area contributed by atoms with Gasteiger partial charge in [0, 0.05) is 5.69 Å². The Morgan fingerprint density at radius 1 is 1.00 bits per heavy atom. The van der Waals surface area contributed by atoms with Gasteiger partial charge in [-0.15, -0.1) is 0 Å². The van der Waals surface area contributed by atoms with Crippen molar-refractivity contribution in [2.75, 3.05) is 10.0 Å². The summed E-state index contributed by atoms with van der Waals surface area (Å²) in [7, 11) is -3.68. The molecule has 0 aliphatic carbocycles. The van der Waals surface area contributed by atoms with Crippen LogP contribution in [-0.2, 0) is 10.0 Å². The van der Waals surface area contributed by atoms with Crippen molar-refractivity contribution >= 4 is 27.2 Å². The molecule has 3 aromatic rings. The van der Waals surface area contributed by atoms with Gasteiger partial charge in [0.1, 0.15) is 5.82 Å². The van der Waals surface area contributed by atoms with Gasteiger partial charge in [0.15, 0.2) is 0 Å². The second-order valence-corrected chi connectivity index (χ2v) is 8.26. The number of anilines is 3. The van der Waals surface area contributed by atoms with Crippen LogP contribution >= 0.6 is 0 Å². The van der Waals surface area contributed by atoms with Gasteiger partial charge in [0.25, 0.3) is 10.0 Å². The van der Waals surface area contributed by atoms with Crippen molar-refractivity contribution in [2.24, 2.45) is 0 Å². The van der Waals surface area contributed by atoms with Gasteiger partial charge in [-0.05, 0) is 53.9 Å². The maximum absolute atomic E-state index is 12.5. The highest BCUT2D eigenvalue weighted by molar-refractivity contribution is 7.92. The number of aromatic nitrogens is 1. The first-order chi connectivity index (χ1) is 13.4. The first-order valence-corrected chi connectivity index (χ1v) is 10.2. The standard InChI is InChI=1S/C21H20N4O2S/c1-15(2)17-6-9-20(10-7-17)28(26,27)25-19-8-11-21(23-14-19)24-18-5-3-4-16(12-18)13-22/h3-12,14-15,25H,1-2H3,(H,23,24). The molecule has 28 heavy (non-hydrogen) atoms. The molecule has 3 rings (SSSR count). The Kier molecular flexibility index (Phi) is 5.62. The first kappa shape index (κ1) is 19.4. The number of hydrogen-bond donors (Lipinski definition) is 2. The maximum Gasteiger partial charge on any atom is 0.261 e. The van der Waals surface area contributed by atoms with E-state index in [1.807, 2.05) is 18.2 Å². The first-order valence-electron chi connectivity index (χ1n) is 8.73. The second kappa shape index (κ2) is 8.11. The van der Waals surface area contributed by atoms with E-state index in [9.17, 15) is 8.42 Å². The van der Waals surface area contributed by atoms with Gasteiger partial charge in [0.2, 0.25) is 0 Å². The molecule has 0 amide bonds. The van der Waals surface area contributed by atoms with Gasteiger partial charge in [0.05, 0.1) is 28.4 Å². The lowest BCUT2D eigenvalue weighted by atomic mass is 10.0. The molecule has 1 aromatic heterocycles. The molecule has 0 saturated heterocycles. The summed E-state index contributed by atoms with van der Waals surface area (Å²) in [6.07, 6.45) is 1.44. The Balaban J connectivity index is 1.71. The highest BCUT2D eigenvalue weighted by Gasteiger charge is 2.14. The van der Waals surface area contributed by atoms with Crippen LogP contribution in [0.15, 0.2) is 71.8 Å². The van der Waals surface area contributed by atoms with Crippen LogP contribution in [0.1, 0.15) is 30.9 Å². The van der Waals surface area contributed by atoms with Crippen molar-refractivity contribution in [3.63, 3.8) is 0 Å². The average Bonchev–Trinajstić information content (AvgIpc) is 2.69. The van der Waals surface area contributed by atoms with Gasteiger partial charge in [-0.1, -0.05) is 32.0 Å². The summed E-state index contributed by atoms with van der Waals surface area (Å²) in [5.74, 6) is 0.877. The second-order valence-electron chi connectivity index (χ2n) is 6.58. The van der Waals surface area contributed by atoms with E-state index in [1.54, 1.807) is 42.5 Å². The normalized spacial score (nSPS) is 11.1. The molecule has 0 saturated carbocycles. The average molecular weight is 392 g/mol. The third kappa shape index (κ3) is 4.67. The molecule has 0 radical (unpaired) electrons. The smallest absolute Gasteiger partial charge is 0.261 e. The minimum absolute atomic E-state index is 0.201. The Morgan fingerprint density at radius 2 is 1.75 bits per heavy atom. The number of sulfonamides is 1. The summed E-state index contributed by atoms with van der Waals surface area (Å²) in [4.78, 5) is 4.42. The number of nitriles is 1. The monoisotopic (exact) mass is 392 g/mol. The highest BCUT2D eigenvalue weighted by atomic mass is 32.2. The number of nitrogens with one attached hydrogen (secondary N) is 2. The van der Waals surface area contributed by atoms with Crippen LogP contribution < -0.4 is 10.0 Å². The number of nitrogens with zero attached hydrogens (tertiary/aromatic N) is 2. The number of hydrogen-bond acceptors (Lipinski definition) is 5. The van der Waals surface area contributed by atoms with E-state index in [1.165, 1.54) is 6.20 Å². The zero-order valence-electron chi connectivity index (χ0n) is 15.5. The van der Waals surface area contributed by atoms with Crippen LogP contribution in [0, 0.1) is 11.3 Å². The largest absolute Gasteiger partial charge is 0.340 e. The topological polar surface area (TPSA) is 94.9 Å². The molecule has 0 atom stereocenters. The predicted molar refractivity (Wildman–Crippen MR) is 110 cm³/mol. The van der Waals surface area contributed by atoms with Gasteiger partial charge in [-0.3, -0.25) is 4.72 Å². The Bertz CT molecular complexity index is 1100. The van der Waals surface area contributed by atoms with E-state index in [4.69, 9.17) is 5.26 Å². The van der Waals surface area contributed by atoms with Crippen molar-refractivity contribution in [3.05, 3.63) is 78.0 Å². The zero-order valence-corrected chi connectivity index (χ0v) is 16.4. The van der Waals surface area contributed by atoms with Crippen molar-refractivity contribution in [1.82, 2.24) is 4.98 Å². The summed E-state index contributed by atoms with van der Waals surface area (Å²) in [6, 6.07) is 19.2. The minimum Gasteiger partial charge on any atom is -0.340 e. The van der Waals surface area contributed by atoms with E-state index in [2.05, 4.69) is 34.9 Å². The van der Waals surface area contributed by atoms with Gasteiger partial charge >= 0.3 is 0 Å². The van der Waals surface area contributed by atoms with Crippen molar-refractivity contribution < 1.29 is 8.42 Å². The van der Waals surface area contributed by atoms with Crippen LogP contribution in [0.2, 0.25) is 0 Å². The maximum atomic E-state index is 12.5. The molecular formula is C21H20N4O2S. The fourth-order valence-corrected chi connectivity index (χ4v) is 3.63. The number of rotatable bonds is 6. The highest BCUT2D eigenvalue weighted by Crippen LogP contribution is 2.21. The minimum atomic E-state index is -3.68. The van der Waals surface area contributed by atoms with Gasteiger partial charge in [-0.25, -0.2) is 13.4 Å². The summed E-state index contributed by atoms with van der Waals surface area (Å²) in [6.45, 7) is 4.11. The van der Waals surface area contributed by atoms with Crippen LogP contribution in [0.5, 0.6) is 0 Å². The zero-order chi connectivity index (χ0) is 20.1.